The van der Waals surface area contributed by atoms with Gasteiger partial charge in [-0.1, -0.05) is 0 Å². The Morgan fingerprint density at radius 2 is 2.45 bits per heavy atom. The van der Waals surface area contributed by atoms with Gasteiger partial charge in [-0.15, -0.1) is 0 Å². The zero-order valence-corrected chi connectivity index (χ0v) is 6.16. The first-order valence-corrected chi connectivity index (χ1v) is 3.80. The van der Waals surface area contributed by atoms with Crippen molar-refractivity contribution in [1.82, 2.24) is 5.32 Å². The molecule has 1 saturated heterocycles. The van der Waals surface area contributed by atoms with Crippen LogP contribution in [0.4, 0.5) is 0 Å². The summed E-state index contributed by atoms with van der Waals surface area (Å²) in [6.07, 6.45) is 1.35. The van der Waals surface area contributed by atoms with Gasteiger partial charge < -0.3 is 14.8 Å². The molecule has 2 atom stereocenters. The fraction of sp³-hybridized carbons (Fsp3) is 0.500. The Morgan fingerprint density at radius 3 is 3.00 bits per heavy atom. The first-order valence-electron chi connectivity index (χ1n) is 3.80. The van der Waals surface area contributed by atoms with Gasteiger partial charge in [-0.05, 0) is 12.1 Å². The maximum Gasteiger partial charge on any atom is 0.110 e. The molecule has 0 spiro atoms. The van der Waals surface area contributed by atoms with Gasteiger partial charge >= 0.3 is 0 Å². The molecule has 0 aliphatic carbocycles. The number of aliphatic hydroxyl groups excluding tert-OH is 1. The zero-order valence-electron chi connectivity index (χ0n) is 6.16. The van der Waals surface area contributed by atoms with Crippen molar-refractivity contribution >= 4 is 0 Å². The molecule has 2 heterocycles. The van der Waals surface area contributed by atoms with Gasteiger partial charge in [0.15, 0.2) is 0 Å². The largest absolute Gasteiger partial charge is 0.469 e. The topological polar surface area (TPSA) is 45.4 Å². The van der Waals surface area contributed by atoms with E-state index in [1.54, 1.807) is 6.26 Å². The van der Waals surface area contributed by atoms with Crippen LogP contribution < -0.4 is 5.32 Å². The highest BCUT2D eigenvalue weighted by atomic mass is 16.3. The molecular formula is C8H11NO2. The van der Waals surface area contributed by atoms with Crippen molar-refractivity contribution in [2.45, 2.75) is 12.0 Å². The molecule has 11 heavy (non-hydrogen) atoms. The lowest BCUT2D eigenvalue weighted by Crippen LogP contribution is -2.15. The van der Waals surface area contributed by atoms with E-state index in [-0.39, 0.29) is 12.0 Å². The highest BCUT2D eigenvalue weighted by Crippen LogP contribution is 2.22. The van der Waals surface area contributed by atoms with Crippen LogP contribution in [0.15, 0.2) is 22.8 Å². The van der Waals surface area contributed by atoms with Crippen molar-refractivity contribution < 1.29 is 9.52 Å². The van der Waals surface area contributed by atoms with Crippen LogP contribution in [0.3, 0.4) is 0 Å². The van der Waals surface area contributed by atoms with Crippen molar-refractivity contribution in [3.05, 3.63) is 24.2 Å². The van der Waals surface area contributed by atoms with E-state index < -0.39 is 0 Å². The summed E-state index contributed by atoms with van der Waals surface area (Å²) >= 11 is 0. The predicted octanol–water partition coefficient (Wildman–Crippen LogP) is 0.327. The van der Waals surface area contributed by atoms with Crippen molar-refractivity contribution in [1.29, 1.82) is 0 Å². The second-order valence-corrected chi connectivity index (χ2v) is 2.85. The Morgan fingerprint density at radius 1 is 1.55 bits per heavy atom. The maximum absolute atomic E-state index is 9.44. The van der Waals surface area contributed by atoms with E-state index in [1.807, 2.05) is 12.1 Å². The fourth-order valence-electron chi connectivity index (χ4n) is 1.46. The molecule has 0 saturated carbocycles. The third kappa shape index (κ3) is 1.17. The molecule has 2 N–H and O–H groups in total. The Kier molecular flexibility index (Phi) is 1.68. The molecule has 1 aromatic rings. The van der Waals surface area contributed by atoms with Gasteiger partial charge in [0, 0.05) is 13.1 Å². The molecule has 1 aliphatic heterocycles. The number of β-amino-alcohol motifs (C(OH)–C–C–N with tert-alkyl or cyclic N) is 1. The molecule has 0 unspecified atom stereocenters. The molecule has 2 rings (SSSR count). The van der Waals surface area contributed by atoms with Crippen molar-refractivity contribution in [2.75, 3.05) is 13.1 Å². The first-order chi connectivity index (χ1) is 5.38. The van der Waals surface area contributed by atoms with Crippen LogP contribution in [0, 0.1) is 0 Å². The lowest BCUT2D eigenvalue weighted by molar-refractivity contribution is 0.168. The molecule has 1 aromatic heterocycles. The number of nitrogens with one attached hydrogen (secondary N) is 1. The summed E-state index contributed by atoms with van der Waals surface area (Å²) in [5.74, 6) is 1.02. The fourth-order valence-corrected chi connectivity index (χ4v) is 1.46. The molecule has 1 fully saturated rings. The zero-order chi connectivity index (χ0) is 7.68. The van der Waals surface area contributed by atoms with E-state index in [9.17, 15) is 5.11 Å². The lowest BCUT2D eigenvalue weighted by atomic mass is 10.0. The van der Waals surface area contributed by atoms with E-state index in [4.69, 9.17) is 4.42 Å². The Balaban J connectivity index is 2.16. The Bertz CT molecular complexity index is 220. The van der Waals surface area contributed by atoms with Crippen LogP contribution in [0.5, 0.6) is 0 Å². The molecule has 1 aliphatic rings. The molecule has 60 valence electrons. The number of rotatable bonds is 1. The summed E-state index contributed by atoms with van der Waals surface area (Å²) in [5.41, 5.74) is 0. The summed E-state index contributed by atoms with van der Waals surface area (Å²) in [6.45, 7) is 1.49. The standard InChI is InChI=1S/C8H11NO2/c10-7-5-9-4-6(7)8-2-1-3-11-8/h1-3,6-7,9-10H,4-5H2/t6-,7-/m1/s1. The van der Waals surface area contributed by atoms with Crippen LogP contribution in [-0.2, 0) is 0 Å². The monoisotopic (exact) mass is 153 g/mol. The van der Waals surface area contributed by atoms with Crippen LogP contribution in [0.25, 0.3) is 0 Å². The van der Waals surface area contributed by atoms with Crippen LogP contribution >= 0.6 is 0 Å². The number of furan rings is 1. The average molecular weight is 153 g/mol. The summed E-state index contributed by atoms with van der Waals surface area (Å²) in [7, 11) is 0. The number of hydrogen-bond acceptors (Lipinski definition) is 3. The Hall–Kier alpha value is -0.800. The molecule has 0 bridgehead atoms. The normalized spacial score (nSPS) is 31.0. The second kappa shape index (κ2) is 2.68. The van der Waals surface area contributed by atoms with Gasteiger partial charge in [-0.3, -0.25) is 0 Å². The quantitative estimate of drug-likeness (QED) is 0.611. The third-order valence-electron chi connectivity index (χ3n) is 2.09. The average Bonchev–Trinajstić information content (AvgIpc) is 2.55. The smallest absolute Gasteiger partial charge is 0.110 e. The van der Waals surface area contributed by atoms with Gasteiger partial charge in [-0.25, -0.2) is 0 Å². The maximum atomic E-state index is 9.44. The SMILES string of the molecule is O[C@@H]1CNC[C@H]1c1ccco1. The summed E-state index contributed by atoms with van der Waals surface area (Å²) in [6, 6.07) is 3.75. The molecule has 3 heteroatoms. The molecule has 0 radical (unpaired) electrons. The van der Waals surface area contributed by atoms with E-state index >= 15 is 0 Å². The molecule has 0 aromatic carbocycles. The van der Waals surface area contributed by atoms with Crippen LogP contribution in [0.1, 0.15) is 11.7 Å². The van der Waals surface area contributed by atoms with Crippen molar-refractivity contribution in [2.24, 2.45) is 0 Å². The minimum absolute atomic E-state index is 0.144. The first kappa shape index (κ1) is 6.88. The van der Waals surface area contributed by atoms with Gasteiger partial charge in [0.05, 0.1) is 18.3 Å². The van der Waals surface area contributed by atoms with Crippen molar-refractivity contribution in [3.8, 4) is 0 Å². The number of aliphatic hydroxyl groups is 1. The highest BCUT2D eigenvalue weighted by molar-refractivity contribution is 5.10. The third-order valence-corrected chi connectivity index (χ3v) is 2.09. The van der Waals surface area contributed by atoms with Crippen LogP contribution in [0.2, 0.25) is 0 Å². The van der Waals surface area contributed by atoms with E-state index in [0.717, 1.165) is 12.3 Å². The molecule has 0 amide bonds. The highest BCUT2D eigenvalue weighted by Gasteiger charge is 2.28. The van der Waals surface area contributed by atoms with Crippen molar-refractivity contribution in [3.63, 3.8) is 0 Å². The Labute approximate surface area is 65.0 Å². The van der Waals surface area contributed by atoms with E-state index in [1.165, 1.54) is 0 Å². The molecular weight excluding hydrogens is 142 g/mol. The predicted molar refractivity (Wildman–Crippen MR) is 40.3 cm³/mol. The molecule has 3 nitrogen and oxygen atoms in total. The summed E-state index contributed by atoms with van der Waals surface area (Å²) in [4.78, 5) is 0. The van der Waals surface area contributed by atoms with Gasteiger partial charge in [0.25, 0.3) is 0 Å². The number of hydrogen-bond donors (Lipinski definition) is 2. The summed E-state index contributed by atoms with van der Waals surface area (Å²) in [5, 5.41) is 12.5. The van der Waals surface area contributed by atoms with Gasteiger partial charge in [0.2, 0.25) is 0 Å². The van der Waals surface area contributed by atoms with Crippen LogP contribution in [-0.4, -0.2) is 24.3 Å². The van der Waals surface area contributed by atoms with Gasteiger partial charge in [0.1, 0.15) is 5.76 Å². The van der Waals surface area contributed by atoms with E-state index in [2.05, 4.69) is 5.32 Å². The summed E-state index contributed by atoms with van der Waals surface area (Å²) < 4.78 is 5.19. The minimum atomic E-state index is -0.291. The lowest BCUT2D eigenvalue weighted by Gasteiger charge is -2.08. The second-order valence-electron chi connectivity index (χ2n) is 2.85. The van der Waals surface area contributed by atoms with E-state index in [0.29, 0.717) is 6.54 Å². The minimum Gasteiger partial charge on any atom is -0.469 e. The van der Waals surface area contributed by atoms with Gasteiger partial charge in [-0.2, -0.15) is 0 Å².